The summed E-state index contributed by atoms with van der Waals surface area (Å²) < 4.78 is 10.9. The van der Waals surface area contributed by atoms with Crippen LogP contribution in [0.5, 0.6) is 0 Å². The van der Waals surface area contributed by atoms with Crippen molar-refractivity contribution in [2.75, 3.05) is 33.3 Å². The molecule has 142 valence electrons. The number of ether oxygens (including phenoxy) is 2. The maximum Gasteiger partial charge on any atom is 0.407 e. The van der Waals surface area contributed by atoms with Gasteiger partial charge in [0.1, 0.15) is 5.60 Å². The summed E-state index contributed by atoms with van der Waals surface area (Å²) in [4.78, 5) is 15.7. The predicted octanol–water partition coefficient (Wildman–Crippen LogP) is 2.13. The molecule has 0 saturated heterocycles. The van der Waals surface area contributed by atoms with Crippen molar-refractivity contribution in [3.05, 3.63) is 0 Å². The lowest BCUT2D eigenvalue weighted by molar-refractivity contribution is 0.0258. The number of nitrogens with one attached hydrogen (secondary N) is 3. The lowest BCUT2D eigenvalue weighted by Crippen LogP contribution is -2.43. The Morgan fingerprint density at radius 2 is 1.67 bits per heavy atom. The summed E-state index contributed by atoms with van der Waals surface area (Å²) in [5.41, 5.74) is -0.484. The molecule has 3 N–H and O–H groups in total. The molecular weight excluding hydrogens is 308 g/mol. The third-order valence-corrected chi connectivity index (χ3v) is 3.15. The van der Waals surface area contributed by atoms with E-state index >= 15 is 0 Å². The fraction of sp³-hybridized carbons (Fsp3) is 0.882. The Labute approximate surface area is 147 Å². The predicted molar refractivity (Wildman–Crippen MR) is 98.5 cm³/mol. The summed E-state index contributed by atoms with van der Waals surface area (Å²) in [7, 11) is 1.72. The summed E-state index contributed by atoms with van der Waals surface area (Å²) in [6, 6.07) is 0. The highest BCUT2D eigenvalue weighted by molar-refractivity contribution is 5.79. The number of alkyl carbamates (subject to hydrolysis) is 1. The van der Waals surface area contributed by atoms with Crippen LogP contribution in [0.3, 0.4) is 0 Å². The van der Waals surface area contributed by atoms with E-state index in [2.05, 4.69) is 34.8 Å². The molecule has 0 aromatic carbocycles. The summed E-state index contributed by atoms with van der Waals surface area (Å²) in [5.74, 6) is 1.19. The molecule has 1 amide bonds. The standard InChI is InChI=1S/C17H36N4O3/c1-8-23-14(13(2)3)9-10-19-15(18-7)20-11-12-21-16(22)24-17(4,5)6/h13-14H,8-12H2,1-7H3,(H,21,22)(H2,18,19,20). The van der Waals surface area contributed by atoms with Gasteiger partial charge >= 0.3 is 6.09 Å². The first-order chi connectivity index (χ1) is 11.2. The van der Waals surface area contributed by atoms with Crippen LogP contribution in [-0.2, 0) is 9.47 Å². The lowest BCUT2D eigenvalue weighted by atomic mass is 10.0. The molecular formula is C17H36N4O3. The minimum absolute atomic E-state index is 0.245. The first-order valence-electron chi connectivity index (χ1n) is 8.72. The van der Waals surface area contributed by atoms with Gasteiger partial charge in [0, 0.05) is 33.3 Å². The molecule has 7 nitrogen and oxygen atoms in total. The summed E-state index contributed by atoms with van der Waals surface area (Å²) in [6.07, 6.45) is 0.751. The zero-order chi connectivity index (χ0) is 18.6. The molecule has 0 bridgehead atoms. The van der Waals surface area contributed by atoms with Crippen molar-refractivity contribution in [3.8, 4) is 0 Å². The molecule has 0 aromatic heterocycles. The molecule has 0 aliphatic carbocycles. The summed E-state index contributed by atoms with van der Waals surface area (Å²) in [6.45, 7) is 14.4. The van der Waals surface area contributed by atoms with E-state index in [1.54, 1.807) is 7.05 Å². The SMILES string of the molecule is CCOC(CCNC(=NC)NCCNC(=O)OC(C)(C)C)C(C)C. The first-order valence-corrected chi connectivity index (χ1v) is 8.72. The second kappa shape index (κ2) is 11.9. The third-order valence-electron chi connectivity index (χ3n) is 3.15. The van der Waals surface area contributed by atoms with E-state index in [-0.39, 0.29) is 6.10 Å². The Hall–Kier alpha value is -1.50. The van der Waals surface area contributed by atoms with Gasteiger partial charge in [-0.1, -0.05) is 13.8 Å². The van der Waals surface area contributed by atoms with Crippen molar-refractivity contribution in [1.82, 2.24) is 16.0 Å². The molecule has 0 saturated carbocycles. The highest BCUT2D eigenvalue weighted by Crippen LogP contribution is 2.09. The van der Waals surface area contributed by atoms with Crippen LogP contribution < -0.4 is 16.0 Å². The van der Waals surface area contributed by atoms with Crippen LogP contribution >= 0.6 is 0 Å². The van der Waals surface area contributed by atoms with Crippen molar-refractivity contribution < 1.29 is 14.3 Å². The van der Waals surface area contributed by atoms with E-state index in [0.29, 0.717) is 25.0 Å². The maximum absolute atomic E-state index is 11.5. The second-order valence-electron chi connectivity index (χ2n) is 6.88. The molecule has 0 spiro atoms. The minimum atomic E-state index is -0.484. The van der Waals surface area contributed by atoms with E-state index in [4.69, 9.17) is 9.47 Å². The summed E-state index contributed by atoms with van der Waals surface area (Å²) in [5, 5.41) is 9.10. The van der Waals surface area contributed by atoms with Crippen LogP contribution in [-0.4, -0.2) is 57.0 Å². The van der Waals surface area contributed by atoms with Crippen molar-refractivity contribution >= 4 is 12.1 Å². The van der Waals surface area contributed by atoms with Crippen LogP contribution in [0.15, 0.2) is 4.99 Å². The fourth-order valence-electron chi connectivity index (χ4n) is 2.04. The number of rotatable bonds is 9. The quantitative estimate of drug-likeness (QED) is 0.339. The maximum atomic E-state index is 11.5. The largest absolute Gasteiger partial charge is 0.444 e. The number of hydrogen-bond donors (Lipinski definition) is 3. The van der Waals surface area contributed by atoms with Gasteiger partial charge in [-0.25, -0.2) is 4.79 Å². The van der Waals surface area contributed by atoms with E-state index in [0.717, 1.165) is 19.6 Å². The number of carbonyl (C=O) groups is 1. The van der Waals surface area contributed by atoms with Gasteiger partial charge in [0.05, 0.1) is 6.10 Å². The van der Waals surface area contributed by atoms with Gasteiger partial charge in [0.2, 0.25) is 0 Å². The highest BCUT2D eigenvalue weighted by atomic mass is 16.6. The van der Waals surface area contributed by atoms with Crippen molar-refractivity contribution in [1.29, 1.82) is 0 Å². The van der Waals surface area contributed by atoms with Gasteiger partial charge in [-0.2, -0.15) is 0 Å². The van der Waals surface area contributed by atoms with Crippen LogP contribution in [0, 0.1) is 5.92 Å². The molecule has 0 radical (unpaired) electrons. The van der Waals surface area contributed by atoms with E-state index < -0.39 is 11.7 Å². The van der Waals surface area contributed by atoms with E-state index in [9.17, 15) is 4.79 Å². The number of guanidine groups is 1. The Morgan fingerprint density at radius 3 is 2.17 bits per heavy atom. The fourth-order valence-corrected chi connectivity index (χ4v) is 2.04. The van der Waals surface area contributed by atoms with Crippen molar-refractivity contribution in [2.45, 2.75) is 59.7 Å². The summed E-state index contributed by atoms with van der Waals surface area (Å²) >= 11 is 0. The van der Waals surface area contributed by atoms with Gasteiger partial charge in [-0.3, -0.25) is 4.99 Å². The van der Waals surface area contributed by atoms with Crippen LogP contribution in [0.25, 0.3) is 0 Å². The van der Waals surface area contributed by atoms with Gasteiger partial charge in [0.25, 0.3) is 0 Å². The molecule has 1 atom stereocenters. The third kappa shape index (κ3) is 12.0. The van der Waals surface area contributed by atoms with Crippen LogP contribution in [0.1, 0.15) is 48.0 Å². The molecule has 7 heteroatoms. The van der Waals surface area contributed by atoms with Crippen molar-refractivity contribution in [3.63, 3.8) is 0 Å². The average molecular weight is 345 g/mol. The number of nitrogens with zero attached hydrogens (tertiary/aromatic N) is 1. The Balaban J connectivity index is 3.94. The molecule has 0 aliphatic heterocycles. The second-order valence-corrected chi connectivity index (χ2v) is 6.88. The number of hydrogen-bond acceptors (Lipinski definition) is 4. The van der Waals surface area contributed by atoms with Crippen LogP contribution in [0.2, 0.25) is 0 Å². The number of amides is 1. The normalized spacial score (nSPS) is 13.6. The smallest absolute Gasteiger partial charge is 0.407 e. The zero-order valence-corrected chi connectivity index (χ0v) is 16.4. The molecule has 0 rings (SSSR count). The monoisotopic (exact) mass is 344 g/mol. The van der Waals surface area contributed by atoms with Crippen LogP contribution in [0.4, 0.5) is 4.79 Å². The number of aliphatic imine (C=N–C) groups is 1. The molecule has 0 fully saturated rings. The van der Waals surface area contributed by atoms with Gasteiger partial charge < -0.3 is 25.4 Å². The zero-order valence-electron chi connectivity index (χ0n) is 16.4. The van der Waals surface area contributed by atoms with Gasteiger partial charge in [-0.05, 0) is 40.0 Å². The van der Waals surface area contributed by atoms with E-state index in [1.807, 2.05) is 27.7 Å². The molecule has 1 unspecified atom stereocenters. The first kappa shape index (κ1) is 22.5. The molecule has 0 aliphatic rings. The topological polar surface area (TPSA) is 84.0 Å². The lowest BCUT2D eigenvalue weighted by Gasteiger charge is -2.21. The molecule has 0 aromatic rings. The average Bonchev–Trinajstić information content (AvgIpc) is 2.46. The minimum Gasteiger partial charge on any atom is -0.444 e. The molecule has 24 heavy (non-hydrogen) atoms. The Morgan fingerprint density at radius 1 is 1.08 bits per heavy atom. The Bertz CT molecular complexity index is 379. The highest BCUT2D eigenvalue weighted by Gasteiger charge is 2.15. The van der Waals surface area contributed by atoms with Gasteiger partial charge in [-0.15, -0.1) is 0 Å². The van der Waals surface area contributed by atoms with E-state index in [1.165, 1.54) is 0 Å². The van der Waals surface area contributed by atoms with Crippen molar-refractivity contribution in [2.24, 2.45) is 10.9 Å². The number of carbonyl (C=O) groups excluding carboxylic acids is 1. The molecule has 0 heterocycles. The van der Waals surface area contributed by atoms with Gasteiger partial charge in [0.15, 0.2) is 5.96 Å². The Kier molecular flexibility index (Phi) is 11.2.